The van der Waals surface area contributed by atoms with Crippen molar-refractivity contribution in [3.63, 3.8) is 0 Å². The molecule has 1 fully saturated rings. The number of benzene rings is 2. The number of halogens is 1. The molecule has 4 nitrogen and oxygen atoms in total. The number of hydrogen-bond acceptors (Lipinski definition) is 3. The van der Waals surface area contributed by atoms with Crippen molar-refractivity contribution in [1.29, 1.82) is 0 Å². The molecule has 1 aliphatic rings. The van der Waals surface area contributed by atoms with Crippen molar-refractivity contribution in [3.8, 4) is 0 Å². The molecule has 0 spiro atoms. The average Bonchev–Trinajstić information content (AvgIpc) is 2.93. The summed E-state index contributed by atoms with van der Waals surface area (Å²) in [5.74, 6) is -0.273. The predicted molar refractivity (Wildman–Crippen MR) is 96.8 cm³/mol. The zero-order valence-corrected chi connectivity index (χ0v) is 14.2. The van der Waals surface area contributed by atoms with Crippen LogP contribution in [0.1, 0.15) is 30.0 Å². The van der Waals surface area contributed by atoms with Crippen LogP contribution in [0.2, 0.25) is 0 Å². The quantitative estimate of drug-likeness (QED) is 0.795. The lowest BCUT2D eigenvalue weighted by atomic mass is 9.97. The van der Waals surface area contributed by atoms with Crippen LogP contribution in [0.25, 0.3) is 0 Å². The number of amides is 1. The largest absolute Gasteiger partial charge is 0.391 e. The molecule has 2 aromatic rings. The maximum absolute atomic E-state index is 12.6. The maximum atomic E-state index is 12.6. The molecule has 0 radical (unpaired) electrons. The molecule has 1 aliphatic carbocycles. The SMILES string of the molecule is Cl.N[C@@H]1C[C@H](C(=O)NC(c2ccccc2)c2ccccc2)C[C@H]1O. The van der Waals surface area contributed by atoms with Gasteiger partial charge < -0.3 is 16.2 Å². The standard InChI is InChI=1S/C19H22N2O2.ClH/c20-16-11-15(12-17(16)22)19(23)21-18(13-7-3-1-4-8-13)14-9-5-2-6-10-14;/h1-10,15-18,22H,11-12,20H2,(H,21,23);1H/t15-,16+,17+;/m0./s1. The number of nitrogens with two attached hydrogens (primary N) is 1. The molecule has 3 atom stereocenters. The summed E-state index contributed by atoms with van der Waals surface area (Å²) in [6.45, 7) is 0. The van der Waals surface area contributed by atoms with Crippen molar-refractivity contribution in [2.75, 3.05) is 0 Å². The number of aliphatic hydroxyl groups is 1. The Morgan fingerprint density at radius 1 is 1.00 bits per heavy atom. The second kappa shape index (κ2) is 8.29. The van der Waals surface area contributed by atoms with Gasteiger partial charge in [-0.3, -0.25) is 4.79 Å². The van der Waals surface area contributed by atoms with E-state index < -0.39 is 6.10 Å². The van der Waals surface area contributed by atoms with Gasteiger partial charge in [0.2, 0.25) is 5.91 Å². The Morgan fingerprint density at radius 3 is 1.92 bits per heavy atom. The van der Waals surface area contributed by atoms with E-state index in [0.29, 0.717) is 12.8 Å². The van der Waals surface area contributed by atoms with Crippen molar-refractivity contribution in [1.82, 2.24) is 5.32 Å². The minimum atomic E-state index is -0.586. The molecule has 0 saturated heterocycles. The minimum Gasteiger partial charge on any atom is -0.391 e. The predicted octanol–water partition coefficient (Wildman–Crippen LogP) is 2.41. The maximum Gasteiger partial charge on any atom is 0.224 e. The summed E-state index contributed by atoms with van der Waals surface area (Å²) < 4.78 is 0. The molecule has 4 N–H and O–H groups in total. The van der Waals surface area contributed by atoms with Gasteiger partial charge in [0.15, 0.2) is 0 Å². The molecule has 128 valence electrons. The van der Waals surface area contributed by atoms with E-state index in [1.165, 1.54) is 0 Å². The Morgan fingerprint density at radius 2 is 1.50 bits per heavy atom. The van der Waals surface area contributed by atoms with Crippen molar-refractivity contribution in [2.45, 2.75) is 31.0 Å². The van der Waals surface area contributed by atoms with Crippen LogP contribution >= 0.6 is 12.4 Å². The Kier molecular flexibility index (Phi) is 6.37. The van der Waals surface area contributed by atoms with Crippen LogP contribution in [0, 0.1) is 5.92 Å². The molecule has 2 aromatic carbocycles. The van der Waals surface area contributed by atoms with Gasteiger partial charge in [0, 0.05) is 12.0 Å². The van der Waals surface area contributed by atoms with Crippen LogP contribution in [-0.4, -0.2) is 23.2 Å². The van der Waals surface area contributed by atoms with E-state index >= 15 is 0 Å². The van der Waals surface area contributed by atoms with E-state index in [2.05, 4.69) is 5.32 Å². The highest BCUT2D eigenvalue weighted by molar-refractivity contribution is 5.85. The van der Waals surface area contributed by atoms with Gasteiger partial charge >= 0.3 is 0 Å². The van der Waals surface area contributed by atoms with Gasteiger partial charge in [-0.05, 0) is 24.0 Å². The highest BCUT2D eigenvalue weighted by atomic mass is 35.5. The molecule has 0 aromatic heterocycles. The molecule has 1 amide bonds. The number of hydrogen-bond donors (Lipinski definition) is 3. The first kappa shape index (κ1) is 18.5. The summed E-state index contributed by atoms with van der Waals surface area (Å²) >= 11 is 0. The molecule has 3 rings (SSSR count). The summed E-state index contributed by atoms with van der Waals surface area (Å²) in [5.41, 5.74) is 7.90. The van der Waals surface area contributed by atoms with Gasteiger partial charge in [0.1, 0.15) is 0 Å². The van der Waals surface area contributed by atoms with E-state index in [1.54, 1.807) is 0 Å². The molecule has 5 heteroatoms. The van der Waals surface area contributed by atoms with Gasteiger partial charge in [0.05, 0.1) is 12.1 Å². The first-order valence-corrected chi connectivity index (χ1v) is 7.99. The minimum absolute atomic E-state index is 0. The normalized spacial score (nSPS) is 22.9. The van der Waals surface area contributed by atoms with Crippen molar-refractivity contribution >= 4 is 18.3 Å². The third-order valence-corrected chi connectivity index (χ3v) is 4.50. The van der Waals surface area contributed by atoms with Crippen LogP contribution in [0.3, 0.4) is 0 Å². The van der Waals surface area contributed by atoms with Crippen LogP contribution in [-0.2, 0) is 4.79 Å². The summed E-state index contributed by atoms with van der Waals surface area (Å²) in [6.07, 6.45) is 0.379. The molecule has 24 heavy (non-hydrogen) atoms. The van der Waals surface area contributed by atoms with Crippen molar-refractivity contribution in [2.24, 2.45) is 11.7 Å². The Hall–Kier alpha value is -1.88. The highest BCUT2D eigenvalue weighted by Gasteiger charge is 2.35. The summed E-state index contributed by atoms with van der Waals surface area (Å²) in [4.78, 5) is 12.6. The molecule has 0 aliphatic heterocycles. The molecular weight excluding hydrogens is 324 g/mol. The van der Waals surface area contributed by atoms with E-state index in [0.717, 1.165) is 11.1 Å². The van der Waals surface area contributed by atoms with Gasteiger partial charge in [-0.1, -0.05) is 60.7 Å². The topological polar surface area (TPSA) is 75.4 Å². The van der Waals surface area contributed by atoms with Crippen LogP contribution in [0.4, 0.5) is 0 Å². The Bertz CT molecular complexity index is 601. The average molecular weight is 347 g/mol. The van der Waals surface area contributed by atoms with Gasteiger partial charge in [-0.15, -0.1) is 12.4 Å². The summed E-state index contributed by atoms with van der Waals surface area (Å²) in [6, 6.07) is 19.3. The van der Waals surface area contributed by atoms with Crippen LogP contribution < -0.4 is 11.1 Å². The first-order valence-electron chi connectivity index (χ1n) is 7.99. The zero-order chi connectivity index (χ0) is 16.2. The van der Waals surface area contributed by atoms with E-state index in [9.17, 15) is 9.90 Å². The lowest BCUT2D eigenvalue weighted by Gasteiger charge is -2.22. The van der Waals surface area contributed by atoms with Gasteiger partial charge in [-0.2, -0.15) is 0 Å². The third kappa shape index (κ3) is 4.15. The van der Waals surface area contributed by atoms with Crippen molar-refractivity contribution in [3.05, 3.63) is 71.8 Å². The van der Waals surface area contributed by atoms with Crippen molar-refractivity contribution < 1.29 is 9.90 Å². The van der Waals surface area contributed by atoms with Gasteiger partial charge in [-0.25, -0.2) is 0 Å². The molecule has 1 saturated carbocycles. The second-order valence-electron chi connectivity index (χ2n) is 6.16. The fourth-order valence-corrected chi connectivity index (χ4v) is 3.17. The number of rotatable bonds is 4. The molecule has 0 bridgehead atoms. The van der Waals surface area contributed by atoms with Crippen LogP contribution in [0.15, 0.2) is 60.7 Å². The molecule has 0 heterocycles. The summed E-state index contributed by atoms with van der Waals surface area (Å²) in [7, 11) is 0. The fraction of sp³-hybridized carbons (Fsp3) is 0.316. The second-order valence-corrected chi connectivity index (χ2v) is 6.16. The zero-order valence-electron chi connectivity index (χ0n) is 13.3. The van der Waals surface area contributed by atoms with E-state index in [4.69, 9.17) is 5.73 Å². The fourth-order valence-electron chi connectivity index (χ4n) is 3.17. The lowest BCUT2D eigenvalue weighted by molar-refractivity contribution is -0.125. The Balaban J connectivity index is 0.00000208. The third-order valence-electron chi connectivity index (χ3n) is 4.50. The van der Waals surface area contributed by atoms with E-state index in [-0.39, 0.29) is 36.3 Å². The summed E-state index contributed by atoms with van der Waals surface area (Å²) in [5, 5.41) is 12.9. The van der Waals surface area contributed by atoms with Gasteiger partial charge in [0.25, 0.3) is 0 Å². The first-order chi connectivity index (χ1) is 11.1. The smallest absolute Gasteiger partial charge is 0.224 e. The lowest BCUT2D eigenvalue weighted by Crippen LogP contribution is -2.34. The van der Waals surface area contributed by atoms with E-state index in [1.807, 2.05) is 60.7 Å². The molecule has 0 unspecified atom stereocenters. The highest BCUT2D eigenvalue weighted by Crippen LogP contribution is 2.27. The number of nitrogens with one attached hydrogen (secondary N) is 1. The number of carbonyl (C=O) groups excluding carboxylic acids is 1. The van der Waals surface area contributed by atoms with Crippen LogP contribution in [0.5, 0.6) is 0 Å². The Labute approximate surface area is 148 Å². The monoisotopic (exact) mass is 346 g/mol. The number of carbonyl (C=O) groups is 1. The molecular formula is C19H23ClN2O2. The number of aliphatic hydroxyl groups excluding tert-OH is 1.